The van der Waals surface area contributed by atoms with Crippen LogP contribution in [0.5, 0.6) is 0 Å². The van der Waals surface area contributed by atoms with E-state index in [2.05, 4.69) is 11.4 Å². The normalized spacial score (nSPS) is 21.4. The molecule has 0 aliphatic carbocycles. The van der Waals surface area contributed by atoms with E-state index >= 15 is 0 Å². The molecule has 0 bridgehead atoms. The summed E-state index contributed by atoms with van der Waals surface area (Å²) in [6.45, 7) is 6.00. The predicted octanol–water partition coefficient (Wildman–Crippen LogP) is 2.72. The summed E-state index contributed by atoms with van der Waals surface area (Å²) in [5.41, 5.74) is 1.10. The Labute approximate surface area is 152 Å². The van der Waals surface area contributed by atoms with Crippen LogP contribution >= 0.6 is 0 Å². The summed E-state index contributed by atoms with van der Waals surface area (Å²) in [7, 11) is 1.72. The van der Waals surface area contributed by atoms with Crippen molar-refractivity contribution in [1.29, 1.82) is 5.26 Å². The molecule has 6 heteroatoms. The van der Waals surface area contributed by atoms with Gasteiger partial charge >= 0.3 is 0 Å². The lowest BCUT2D eigenvalue weighted by molar-refractivity contribution is -0.126. The molecule has 1 spiro atoms. The Kier molecular flexibility index (Phi) is 3.14. The lowest BCUT2D eigenvalue weighted by Gasteiger charge is -2.35. The Balaban J connectivity index is 2.13. The van der Waals surface area contributed by atoms with Crippen molar-refractivity contribution in [2.24, 2.45) is 0 Å². The van der Waals surface area contributed by atoms with E-state index in [4.69, 9.17) is 0 Å². The Morgan fingerprint density at radius 2 is 1.92 bits per heavy atom. The van der Waals surface area contributed by atoms with Crippen LogP contribution in [0, 0.1) is 11.3 Å². The highest BCUT2D eigenvalue weighted by atomic mass is 16.2. The molecule has 2 aliphatic rings. The summed E-state index contributed by atoms with van der Waals surface area (Å²) in [6.07, 6.45) is 1.75. The molecule has 1 aromatic carbocycles. The molecule has 2 aromatic rings. The third-order valence-electron chi connectivity index (χ3n) is 5.35. The average Bonchev–Trinajstić information content (AvgIpc) is 3.06. The number of aromatic nitrogens is 1. The van der Waals surface area contributed by atoms with Gasteiger partial charge in [0.15, 0.2) is 0 Å². The molecule has 132 valence electrons. The lowest BCUT2D eigenvalue weighted by Crippen LogP contribution is -2.46. The zero-order valence-electron chi connectivity index (χ0n) is 15.3. The first-order chi connectivity index (χ1) is 12.2. The second-order valence-electron chi connectivity index (χ2n) is 7.93. The number of benzene rings is 1. The molecule has 0 radical (unpaired) electrons. The lowest BCUT2D eigenvalue weighted by atomic mass is 9.70. The number of para-hydroxylation sites is 1. The number of likely N-dealkylation sites (N-methyl/N-ethyl adjacent to an activating group) is 1. The van der Waals surface area contributed by atoms with Crippen LogP contribution in [0.1, 0.15) is 43.9 Å². The average molecular weight is 348 g/mol. The molecule has 1 atom stereocenters. The molecule has 0 unspecified atom stereocenters. The second-order valence-corrected chi connectivity index (χ2v) is 7.93. The van der Waals surface area contributed by atoms with Gasteiger partial charge in [0.2, 0.25) is 11.8 Å². The van der Waals surface area contributed by atoms with E-state index in [0.29, 0.717) is 16.9 Å². The molecule has 3 heterocycles. The summed E-state index contributed by atoms with van der Waals surface area (Å²) < 4.78 is 1.88. The molecular weight excluding hydrogens is 328 g/mol. The van der Waals surface area contributed by atoms with Gasteiger partial charge in [-0.25, -0.2) is 0 Å². The van der Waals surface area contributed by atoms with Crippen LogP contribution in [0.15, 0.2) is 30.5 Å². The van der Waals surface area contributed by atoms with Gasteiger partial charge in [-0.1, -0.05) is 18.2 Å². The van der Waals surface area contributed by atoms with E-state index < -0.39 is 5.41 Å². The maximum absolute atomic E-state index is 13.4. The zero-order valence-corrected chi connectivity index (χ0v) is 15.3. The van der Waals surface area contributed by atoms with Crippen molar-refractivity contribution >= 4 is 23.3 Å². The standard InChI is InChI=1S/C20H20N4O2/c1-19(2,3)24-11-12(10-21)16-17(24)22-15(25)9-20(16)13-7-5-6-8-14(13)23(4)18(20)26/h5-8,11H,9H2,1-4H3,(H,22,25)/t20-/m0/s1. The van der Waals surface area contributed by atoms with Crippen molar-refractivity contribution in [1.82, 2.24) is 4.57 Å². The van der Waals surface area contributed by atoms with E-state index in [1.165, 1.54) is 0 Å². The molecule has 1 aromatic heterocycles. The van der Waals surface area contributed by atoms with E-state index in [1.807, 2.05) is 49.6 Å². The van der Waals surface area contributed by atoms with Gasteiger partial charge in [0, 0.05) is 36.5 Å². The third-order valence-corrected chi connectivity index (χ3v) is 5.35. The number of rotatable bonds is 0. The molecule has 1 N–H and O–H groups in total. The van der Waals surface area contributed by atoms with Crippen LogP contribution in [0.25, 0.3) is 0 Å². The summed E-state index contributed by atoms with van der Waals surface area (Å²) >= 11 is 0. The van der Waals surface area contributed by atoms with Gasteiger partial charge in [0.05, 0.1) is 5.56 Å². The minimum absolute atomic E-state index is 0.00300. The Morgan fingerprint density at radius 3 is 2.58 bits per heavy atom. The van der Waals surface area contributed by atoms with Crippen molar-refractivity contribution in [3.63, 3.8) is 0 Å². The van der Waals surface area contributed by atoms with E-state index in [9.17, 15) is 14.9 Å². The second kappa shape index (κ2) is 4.98. The first-order valence-electron chi connectivity index (χ1n) is 8.55. The highest BCUT2D eigenvalue weighted by Gasteiger charge is 2.57. The minimum Gasteiger partial charge on any atom is -0.328 e. The van der Waals surface area contributed by atoms with Crippen molar-refractivity contribution in [2.75, 3.05) is 17.3 Å². The molecule has 2 amide bonds. The minimum atomic E-state index is -1.15. The van der Waals surface area contributed by atoms with Crippen LogP contribution in [-0.2, 0) is 20.5 Å². The Bertz CT molecular complexity index is 1010. The first kappa shape index (κ1) is 16.4. The maximum Gasteiger partial charge on any atom is 0.242 e. The SMILES string of the molecule is CN1C(=O)[C@@]2(CC(=O)Nc3c2c(C#N)cn3C(C)(C)C)c2ccccc21. The molecule has 2 aliphatic heterocycles. The van der Waals surface area contributed by atoms with Gasteiger partial charge in [0.25, 0.3) is 0 Å². The molecule has 0 fully saturated rings. The Hall–Kier alpha value is -3.07. The number of amides is 2. The fraction of sp³-hybridized carbons (Fsp3) is 0.350. The van der Waals surface area contributed by atoms with Crippen molar-refractivity contribution in [2.45, 2.75) is 38.1 Å². The van der Waals surface area contributed by atoms with Gasteiger partial charge in [-0.15, -0.1) is 0 Å². The summed E-state index contributed by atoms with van der Waals surface area (Å²) in [6, 6.07) is 9.74. The van der Waals surface area contributed by atoms with Gasteiger partial charge in [-0.2, -0.15) is 5.26 Å². The van der Waals surface area contributed by atoms with E-state index in [-0.39, 0.29) is 23.8 Å². The summed E-state index contributed by atoms with van der Waals surface area (Å²) in [5.74, 6) is 0.158. The van der Waals surface area contributed by atoms with Crippen LogP contribution in [-0.4, -0.2) is 23.4 Å². The fourth-order valence-corrected chi connectivity index (χ4v) is 4.23. The number of fused-ring (bicyclic) bond motifs is 4. The number of carbonyl (C=O) groups excluding carboxylic acids is 2. The van der Waals surface area contributed by atoms with Crippen LogP contribution in [0.4, 0.5) is 11.5 Å². The molecule has 6 nitrogen and oxygen atoms in total. The summed E-state index contributed by atoms with van der Waals surface area (Å²) in [5, 5.41) is 12.7. The van der Waals surface area contributed by atoms with E-state index in [0.717, 1.165) is 11.3 Å². The predicted molar refractivity (Wildman–Crippen MR) is 98.0 cm³/mol. The van der Waals surface area contributed by atoms with Gasteiger partial charge < -0.3 is 14.8 Å². The van der Waals surface area contributed by atoms with E-state index in [1.54, 1.807) is 18.1 Å². The van der Waals surface area contributed by atoms with Crippen molar-refractivity contribution in [3.05, 3.63) is 47.2 Å². The van der Waals surface area contributed by atoms with Crippen LogP contribution in [0.3, 0.4) is 0 Å². The number of hydrogen-bond donors (Lipinski definition) is 1. The highest BCUT2D eigenvalue weighted by Crippen LogP contribution is 2.53. The molecule has 4 rings (SSSR count). The van der Waals surface area contributed by atoms with Crippen molar-refractivity contribution < 1.29 is 9.59 Å². The Morgan fingerprint density at radius 1 is 1.23 bits per heavy atom. The molecule has 0 saturated carbocycles. The zero-order chi connectivity index (χ0) is 18.9. The van der Waals surface area contributed by atoms with Gasteiger partial charge in [-0.3, -0.25) is 9.59 Å². The van der Waals surface area contributed by atoms with Gasteiger partial charge in [0.1, 0.15) is 17.3 Å². The topological polar surface area (TPSA) is 78.1 Å². The molecule has 0 saturated heterocycles. The largest absolute Gasteiger partial charge is 0.328 e. The first-order valence-corrected chi connectivity index (χ1v) is 8.55. The third kappa shape index (κ3) is 1.86. The monoisotopic (exact) mass is 348 g/mol. The number of anilines is 2. The quantitative estimate of drug-likeness (QED) is 0.795. The number of hydrogen-bond acceptors (Lipinski definition) is 3. The number of nitrogens with one attached hydrogen (secondary N) is 1. The van der Waals surface area contributed by atoms with Crippen molar-refractivity contribution in [3.8, 4) is 6.07 Å². The van der Waals surface area contributed by atoms with Crippen LogP contribution < -0.4 is 10.2 Å². The van der Waals surface area contributed by atoms with Gasteiger partial charge in [-0.05, 0) is 32.4 Å². The number of carbonyl (C=O) groups is 2. The van der Waals surface area contributed by atoms with Crippen LogP contribution in [0.2, 0.25) is 0 Å². The highest BCUT2D eigenvalue weighted by molar-refractivity contribution is 6.16. The fourth-order valence-electron chi connectivity index (χ4n) is 4.23. The molecular formula is C20H20N4O2. The maximum atomic E-state index is 13.4. The smallest absolute Gasteiger partial charge is 0.242 e. The molecule has 26 heavy (non-hydrogen) atoms. The number of nitriles is 1. The summed E-state index contributed by atoms with van der Waals surface area (Å²) in [4.78, 5) is 27.6. The number of nitrogens with zero attached hydrogens (tertiary/aromatic N) is 3.